The van der Waals surface area contributed by atoms with Gasteiger partial charge in [-0.3, -0.25) is 4.79 Å². The molecule has 1 unspecified atom stereocenters. The summed E-state index contributed by atoms with van der Waals surface area (Å²) < 4.78 is 5.43. The Hall–Kier alpha value is -1.75. The van der Waals surface area contributed by atoms with Gasteiger partial charge >= 0.3 is 5.97 Å². The molecule has 1 atom stereocenters. The van der Waals surface area contributed by atoms with E-state index in [1.807, 2.05) is 20.8 Å². The van der Waals surface area contributed by atoms with Crippen molar-refractivity contribution >= 4 is 11.7 Å². The summed E-state index contributed by atoms with van der Waals surface area (Å²) in [7, 11) is 3.25. The summed E-state index contributed by atoms with van der Waals surface area (Å²) in [5.74, 6) is -0.104. The van der Waals surface area contributed by atoms with Crippen molar-refractivity contribution in [3.8, 4) is 5.75 Å². The summed E-state index contributed by atoms with van der Waals surface area (Å²) in [5.41, 5.74) is 4.11. The molecule has 0 aliphatic heterocycles. The Balaban J connectivity index is 3.01. The molecule has 0 radical (unpaired) electrons. The van der Waals surface area contributed by atoms with Gasteiger partial charge in [-0.15, -0.1) is 0 Å². The highest BCUT2D eigenvalue weighted by molar-refractivity contribution is 5.75. The standard InChI is InChI=1S/C14H22N2O3/c1-8-6-9(2)12(13(19-5)10(8)3)16-7-11(15-4)14(17)18/h6,11,15-16H,7H2,1-5H3,(H,17,18). The fourth-order valence-electron chi connectivity index (χ4n) is 2.04. The molecule has 0 amide bonds. The van der Waals surface area contributed by atoms with Gasteiger partial charge in [0.1, 0.15) is 11.8 Å². The SMILES string of the molecule is CNC(CNc1c(C)cc(C)c(C)c1OC)C(=O)O. The summed E-state index contributed by atoms with van der Waals surface area (Å²) in [4.78, 5) is 11.0. The van der Waals surface area contributed by atoms with Crippen LogP contribution in [0.25, 0.3) is 0 Å². The third-order valence-electron chi connectivity index (χ3n) is 3.32. The lowest BCUT2D eigenvalue weighted by molar-refractivity contribution is -0.138. The van der Waals surface area contributed by atoms with Crippen LogP contribution >= 0.6 is 0 Å². The summed E-state index contributed by atoms with van der Waals surface area (Å²) in [6.45, 7) is 6.30. The van der Waals surface area contributed by atoms with E-state index in [0.29, 0.717) is 6.54 Å². The fraction of sp³-hybridized carbons (Fsp3) is 0.500. The molecule has 0 aromatic heterocycles. The molecule has 19 heavy (non-hydrogen) atoms. The average Bonchev–Trinajstić information content (AvgIpc) is 2.35. The number of nitrogens with one attached hydrogen (secondary N) is 2. The van der Waals surface area contributed by atoms with E-state index < -0.39 is 12.0 Å². The van der Waals surface area contributed by atoms with E-state index in [0.717, 1.165) is 28.1 Å². The van der Waals surface area contributed by atoms with Crippen LogP contribution < -0.4 is 15.4 Å². The third-order valence-corrected chi connectivity index (χ3v) is 3.32. The van der Waals surface area contributed by atoms with Crippen LogP contribution in [0.5, 0.6) is 5.75 Å². The Labute approximate surface area is 114 Å². The number of anilines is 1. The minimum atomic E-state index is -0.879. The minimum Gasteiger partial charge on any atom is -0.494 e. The first-order valence-corrected chi connectivity index (χ1v) is 6.21. The zero-order valence-electron chi connectivity index (χ0n) is 12.1. The Morgan fingerprint density at radius 2 is 2.00 bits per heavy atom. The molecule has 5 heteroatoms. The van der Waals surface area contributed by atoms with E-state index in [-0.39, 0.29) is 0 Å². The van der Waals surface area contributed by atoms with Gasteiger partial charge in [-0.05, 0) is 44.5 Å². The second kappa shape index (κ2) is 6.43. The van der Waals surface area contributed by atoms with E-state index in [1.54, 1.807) is 14.2 Å². The molecule has 0 aliphatic rings. The van der Waals surface area contributed by atoms with E-state index in [1.165, 1.54) is 0 Å². The number of carboxylic acids is 1. The predicted molar refractivity (Wildman–Crippen MR) is 76.2 cm³/mol. The largest absolute Gasteiger partial charge is 0.494 e. The topological polar surface area (TPSA) is 70.6 Å². The molecule has 0 saturated carbocycles. The zero-order chi connectivity index (χ0) is 14.6. The summed E-state index contributed by atoms with van der Waals surface area (Å²) >= 11 is 0. The van der Waals surface area contributed by atoms with E-state index in [9.17, 15) is 4.79 Å². The molecule has 1 rings (SSSR count). The summed E-state index contributed by atoms with van der Waals surface area (Å²) in [5, 5.41) is 14.9. The van der Waals surface area contributed by atoms with Gasteiger partial charge in [0, 0.05) is 6.54 Å². The number of hydrogen-bond donors (Lipinski definition) is 3. The van der Waals surface area contributed by atoms with Crippen LogP contribution in [0.3, 0.4) is 0 Å². The maximum Gasteiger partial charge on any atom is 0.322 e. The van der Waals surface area contributed by atoms with Crippen LogP contribution in [0.15, 0.2) is 6.07 Å². The number of hydrogen-bond acceptors (Lipinski definition) is 4. The molecule has 5 nitrogen and oxygen atoms in total. The number of likely N-dealkylation sites (N-methyl/N-ethyl adjacent to an activating group) is 1. The molecule has 0 fully saturated rings. The number of aryl methyl sites for hydroxylation is 2. The second-order valence-electron chi connectivity index (χ2n) is 4.60. The number of carboxylic acid groups (broad SMARTS) is 1. The quantitative estimate of drug-likeness (QED) is 0.731. The van der Waals surface area contributed by atoms with Gasteiger partial charge in [-0.2, -0.15) is 0 Å². The maximum absolute atomic E-state index is 11.0. The lowest BCUT2D eigenvalue weighted by Gasteiger charge is -2.20. The second-order valence-corrected chi connectivity index (χ2v) is 4.60. The highest BCUT2D eigenvalue weighted by atomic mass is 16.5. The predicted octanol–water partition coefficient (Wildman–Crippen LogP) is 1.70. The van der Waals surface area contributed by atoms with Crippen LogP contribution in [-0.4, -0.2) is 37.8 Å². The fourth-order valence-corrected chi connectivity index (χ4v) is 2.04. The van der Waals surface area contributed by atoms with Crippen LogP contribution in [0, 0.1) is 20.8 Å². The first-order valence-electron chi connectivity index (χ1n) is 6.21. The highest BCUT2D eigenvalue weighted by Crippen LogP contribution is 2.34. The lowest BCUT2D eigenvalue weighted by atomic mass is 10.0. The zero-order valence-corrected chi connectivity index (χ0v) is 12.1. The molecular weight excluding hydrogens is 244 g/mol. The summed E-state index contributed by atoms with van der Waals surface area (Å²) in [6, 6.07) is 1.43. The normalized spacial score (nSPS) is 12.1. The van der Waals surface area contributed by atoms with Crippen molar-refractivity contribution in [1.82, 2.24) is 5.32 Å². The summed E-state index contributed by atoms with van der Waals surface area (Å²) in [6.07, 6.45) is 0. The Bertz CT molecular complexity index is 472. The molecule has 0 bridgehead atoms. The van der Waals surface area contributed by atoms with Crippen molar-refractivity contribution in [3.63, 3.8) is 0 Å². The number of methoxy groups -OCH3 is 1. The molecule has 0 aliphatic carbocycles. The third kappa shape index (κ3) is 3.38. The first kappa shape index (κ1) is 15.3. The molecule has 106 valence electrons. The maximum atomic E-state index is 11.0. The van der Waals surface area contributed by atoms with Crippen molar-refractivity contribution in [2.45, 2.75) is 26.8 Å². The van der Waals surface area contributed by atoms with Gasteiger partial charge < -0.3 is 20.5 Å². The van der Waals surface area contributed by atoms with Crippen molar-refractivity contribution in [1.29, 1.82) is 0 Å². The van der Waals surface area contributed by atoms with Crippen molar-refractivity contribution in [2.75, 3.05) is 26.0 Å². The van der Waals surface area contributed by atoms with E-state index in [4.69, 9.17) is 9.84 Å². The first-order chi connectivity index (χ1) is 8.92. The van der Waals surface area contributed by atoms with Gasteiger partial charge in [0.2, 0.25) is 0 Å². The van der Waals surface area contributed by atoms with E-state index in [2.05, 4.69) is 16.7 Å². The van der Waals surface area contributed by atoms with Crippen molar-refractivity contribution in [3.05, 3.63) is 22.8 Å². The number of ether oxygens (including phenoxy) is 1. The van der Waals surface area contributed by atoms with Crippen molar-refractivity contribution < 1.29 is 14.6 Å². The van der Waals surface area contributed by atoms with E-state index >= 15 is 0 Å². The Kier molecular flexibility index (Phi) is 5.18. The Morgan fingerprint density at radius 3 is 2.47 bits per heavy atom. The minimum absolute atomic E-state index is 0.297. The van der Waals surface area contributed by atoms with Gasteiger partial charge in [-0.1, -0.05) is 6.07 Å². The number of benzene rings is 1. The highest BCUT2D eigenvalue weighted by Gasteiger charge is 2.17. The number of rotatable bonds is 6. The van der Waals surface area contributed by atoms with Crippen LogP contribution in [0.4, 0.5) is 5.69 Å². The van der Waals surface area contributed by atoms with Crippen LogP contribution in [-0.2, 0) is 4.79 Å². The molecule has 0 saturated heterocycles. The molecule has 1 aromatic rings. The number of carbonyl (C=O) groups is 1. The molecule has 1 aromatic carbocycles. The van der Waals surface area contributed by atoms with Gasteiger partial charge in [0.25, 0.3) is 0 Å². The monoisotopic (exact) mass is 266 g/mol. The van der Waals surface area contributed by atoms with Crippen LogP contribution in [0.2, 0.25) is 0 Å². The smallest absolute Gasteiger partial charge is 0.322 e. The Morgan fingerprint density at radius 1 is 1.37 bits per heavy atom. The number of aliphatic carboxylic acids is 1. The van der Waals surface area contributed by atoms with Gasteiger partial charge in [0.15, 0.2) is 0 Å². The van der Waals surface area contributed by atoms with Crippen LogP contribution in [0.1, 0.15) is 16.7 Å². The molecule has 0 spiro atoms. The average molecular weight is 266 g/mol. The van der Waals surface area contributed by atoms with Gasteiger partial charge in [-0.25, -0.2) is 0 Å². The van der Waals surface area contributed by atoms with Crippen molar-refractivity contribution in [2.24, 2.45) is 0 Å². The van der Waals surface area contributed by atoms with Gasteiger partial charge in [0.05, 0.1) is 12.8 Å². The molecule has 0 heterocycles. The molecule has 3 N–H and O–H groups in total. The molecular formula is C14H22N2O3. The lowest BCUT2D eigenvalue weighted by Crippen LogP contribution is -2.40.